The van der Waals surface area contributed by atoms with Crippen LogP contribution in [-0.2, 0) is 105 Å². The predicted molar refractivity (Wildman–Crippen MR) is 335 cm³/mol. The van der Waals surface area contributed by atoms with Crippen molar-refractivity contribution in [2.75, 3.05) is 33.9 Å². The van der Waals surface area contributed by atoms with Crippen molar-refractivity contribution in [3.63, 3.8) is 0 Å². The number of alkyl halides is 11. The fourth-order valence-electron chi connectivity index (χ4n) is 7.46. The highest BCUT2D eigenvalue weighted by Crippen LogP contribution is 2.32. The quantitative estimate of drug-likeness (QED) is 0.0224. The van der Waals surface area contributed by atoms with Gasteiger partial charge in [0.1, 0.15) is 32.2 Å². The largest absolute Gasteiger partial charge is 0.481 e. The van der Waals surface area contributed by atoms with Gasteiger partial charge in [0.15, 0.2) is 23.1 Å². The maximum Gasteiger partial charge on any atom is 0.423 e. The average molecular weight is 1480 g/mol. The van der Waals surface area contributed by atoms with E-state index in [2.05, 4.69) is 51.9 Å². The summed E-state index contributed by atoms with van der Waals surface area (Å²) < 4.78 is 134. The molecule has 4 aromatic rings. The van der Waals surface area contributed by atoms with Crippen LogP contribution in [0.3, 0.4) is 0 Å². The van der Waals surface area contributed by atoms with Gasteiger partial charge in [0.25, 0.3) is 0 Å². The number of aromatic nitrogens is 12. The van der Waals surface area contributed by atoms with Gasteiger partial charge in [0.05, 0.1) is 82.8 Å². The number of hydrogen-bond donors (Lipinski definition) is 8. The molecule has 0 radical (unpaired) electrons. The molecule has 0 unspecified atom stereocenters. The molecule has 101 heavy (non-hydrogen) atoms. The standard InChI is InChI=1S/C27H38FN5O12.C9H14FN3O.C8H12FN3O.C7H10FN3O2.C3H2F6O.C2H6.CH3F.2CH4/c1-14(2)18(26(43)30-20(27(44)45)11-24(40)41)10-21(35)19(5-6-22(36)37)29-25(42)15(9-23(38)39)8-17(34)13-33-12-16(31-32-33)4-3-7-28;1-2-9(14)7-13-6-8(11-12-13)4-3-5-10;1-7(13)5-12-6-8(10-11-12)3-2-4-9;8-3-1-2-6-4-11(10-9-6)5-7(12)13;4-2(5,6)1(10)3(7,8)9;2*1-2;;/h12,14-15,18-20H,3-11,13H2,1-2H3,(H,29,42)(H,30,43)(H,36,37)(H,38,39)(H,40,41)(H,44,45);6H,2-5,7H2,1H3;6H,2-5H2,1H3;4H,1-3,5H2,(H,12,13);1,10H;1-2H3;1H3;2*1H4/t15-,18-,19-,20-;;;;;;;;/m0......../s1/i;;;;;;1D;;. The second-order valence-corrected chi connectivity index (χ2v) is 20.8. The number of carbonyl (C=O) groups is 11. The van der Waals surface area contributed by atoms with E-state index >= 15 is 0 Å². The van der Waals surface area contributed by atoms with Gasteiger partial charge in [0.2, 0.25) is 17.9 Å². The van der Waals surface area contributed by atoms with Crippen LogP contribution in [0.25, 0.3) is 0 Å². The van der Waals surface area contributed by atoms with Crippen LogP contribution in [0.1, 0.15) is 151 Å². The number of hydrogen-bond acceptors (Lipinski definition) is 20. The lowest BCUT2D eigenvalue weighted by atomic mass is 9.86. The lowest BCUT2D eigenvalue weighted by Crippen LogP contribution is -2.48. The summed E-state index contributed by atoms with van der Waals surface area (Å²) in [7, 11) is -1.00. The number of carboxylic acids is 5. The Bertz CT molecular complexity index is 3010. The van der Waals surface area contributed by atoms with E-state index in [9.17, 15) is 111 Å². The molecule has 4 heterocycles. The van der Waals surface area contributed by atoms with E-state index in [1.807, 2.05) is 20.8 Å². The molecule has 0 bridgehead atoms. The number of halogens is 11. The molecular weight excluding hydrogens is 1390 g/mol. The number of aryl methyl sites for hydroxylation is 4. The molecule has 578 valence electrons. The molecular formula is C59H93F11N14O17. The Hall–Kier alpha value is -9.28. The summed E-state index contributed by atoms with van der Waals surface area (Å²) in [5.41, 5.74) is 2.53. The Morgan fingerprint density at radius 2 is 0.881 bits per heavy atom. The van der Waals surface area contributed by atoms with Crippen LogP contribution < -0.4 is 10.6 Å². The highest BCUT2D eigenvalue weighted by Gasteiger charge is 2.55. The maximum atomic E-state index is 13.3. The first-order chi connectivity index (χ1) is 46.8. The molecule has 31 nitrogen and oxygen atoms in total. The van der Waals surface area contributed by atoms with E-state index in [1.165, 1.54) is 47.2 Å². The van der Waals surface area contributed by atoms with Gasteiger partial charge in [-0.25, -0.2) is 23.5 Å². The molecule has 42 heteroatoms. The number of Topliss-reactive ketones (excluding diaryl/α,β-unsaturated/α-hetero) is 4. The lowest BCUT2D eigenvalue weighted by molar-refractivity contribution is -0.308. The van der Waals surface area contributed by atoms with Crippen molar-refractivity contribution >= 4 is 64.8 Å². The van der Waals surface area contributed by atoms with Gasteiger partial charge >= 0.3 is 42.2 Å². The minimum absolute atomic E-state index is 0. The molecule has 0 aliphatic heterocycles. The number of carboxylic acid groups (broad SMARTS) is 5. The zero-order valence-electron chi connectivity index (χ0n) is 55.9. The molecule has 4 aromatic heterocycles. The number of aliphatic hydroxyl groups is 1. The summed E-state index contributed by atoms with van der Waals surface area (Å²) in [6.07, 6.45) is -9.23. The Morgan fingerprint density at radius 1 is 0.525 bits per heavy atom. The Morgan fingerprint density at radius 3 is 1.18 bits per heavy atom. The van der Waals surface area contributed by atoms with E-state index < -0.39 is 161 Å². The number of aliphatic hydroxyl groups excluding tert-OH is 1. The van der Waals surface area contributed by atoms with Gasteiger partial charge in [-0.2, -0.15) is 26.3 Å². The smallest absolute Gasteiger partial charge is 0.423 e. The molecule has 0 fully saturated rings. The van der Waals surface area contributed by atoms with E-state index in [0.717, 1.165) is 16.1 Å². The maximum absolute atomic E-state index is 13.3. The average Bonchev–Trinajstić information content (AvgIpc) is 1.24. The normalized spacial score (nSPS) is 11.9. The Kier molecular flexibility index (Phi) is 53.9. The number of aliphatic carboxylic acids is 5. The van der Waals surface area contributed by atoms with Gasteiger partial charge in [0, 0.05) is 56.4 Å². The van der Waals surface area contributed by atoms with Crippen molar-refractivity contribution in [2.45, 2.75) is 209 Å². The van der Waals surface area contributed by atoms with Crippen LogP contribution in [0, 0.1) is 17.8 Å². The molecule has 8 N–H and O–H groups in total. The number of amides is 2. The van der Waals surface area contributed by atoms with Crippen LogP contribution in [0.2, 0.25) is 0 Å². The molecule has 4 atom stereocenters. The third kappa shape index (κ3) is 48.2. The number of nitrogens with one attached hydrogen (secondary N) is 2. The van der Waals surface area contributed by atoms with Crippen molar-refractivity contribution in [1.29, 1.82) is 0 Å². The molecule has 0 aliphatic carbocycles. The first-order valence-electron chi connectivity index (χ1n) is 30.7. The van der Waals surface area contributed by atoms with E-state index in [4.69, 9.17) is 21.8 Å². The second-order valence-electron chi connectivity index (χ2n) is 20.8. The second kappa shape index (κ2) is 55.5. The lowest BCUT2D eigenvalue weighted by Gasteiger charge is -2.25. The summed E-state index contributed by atoms with van der Waals surface area (Å²) in [5, 5.41) is 86.8. The number of nitrogens with zero attached hydrogens (tertiary/aromatic N) is 12. The van der Waals surface area contributed by atoms with Gasteiger partial charge in [-0.05, 0) is 70.6 Å². The van der Waals surface area contributed by atoms with Gasteiger partial charge in [-0.15, -0.1) is 20.4 Å². The molecule has 4 rings (SSSR count). The van der Waals surface area contributed by atoms with E-state index in [-0.39, 0.29) is 78.8 Å². The van der Waals surface area contributed by atoms with Gasteiger partial charge in [-0.3, -0.25) is 69.9 Å². The van der Waals surface area contributed by atoms with Crippen LogP contribution in [0.15, 0.2) is 24.8 Å². The Balaban J connectivity index is -0.000000443. The summed E-state index contributed by atoms with van der Waals surface area (Å²) in [6.45, 7) is 8.61. The first kappa shape index (κ1) is 98.1. The minimum atomic E-state index is -5.63. The monoisotopic (exact) mass is 1480 g/mol. The van der Waals surface area contributed by atoms with Crippen molar-refractivity contribution in [3.05, 3.63) is 47.6 Å². The van der Waals surface area contributed by atoms with Crippen LogP contribution >= 0.6 is 0 Å². The molecule has 0 saturated carbocycles. The summed E-state index contributed by atoms with van der Waals surface area (Å²) >= 11 is 0. The zero-order valence-corrected chi connectivity index (χ0v) is 54.9. The summed E-state index contributed by atoms with van der Waals surface area (Å²) in [4.78, 5) is 129. The van der Waals surface area contributed by atoms with E-state index in [0.29, 0.717) is 56.3 Å². The van der Waals surface area contributed by atoms with Gasteiger partial charge in [-0.1, -0.05) is 70.3 Å². The number of rotatable bonds is 39. The third-order valence-corrected chi connectivity index (χ3v) is 12.2. The van der Waals surface area contributed by atoms with Gasteiger partial charge < -0.3 is 41.3 Å². The fraction of sp³-hybridized carbons (Fsp3) is 0.678. The summed E-state index contributed by atoms with van der Waals surface area (Å²) in [5.74, 6) is -13.4. The third-order valence-electron chi connectivity index (χ3n) is 12.2. The number of carbonyl (C=O) groups excluding carboxylic acids is 6. The fourth-order valence-corrected chi connectivity index (χ4v) is 7.46. The SMILES string of the molecule is C.C.CC.CC(=O)Cn1cc(CCCF)nn1.CC(C)[C@H](CC(=O)[C@H](CCC(=O)O)NC(=O)[C@H](CC(=O)O)CC(=O)Cn1cc(CCCF)nn1)C(=O)N[C@@H](CC(=O)O)C(=O)O.CCC(=O)Cn1cc(CCCF)nn1.O=C(O)Cn1cc(CCCF)nn1.OC(C(F)(F)F)C(F)(F)F.[2H]CF. The predicted octanol–water partition coefficient (Wildman–Crippen LogP) is 6.40. The molecule has 0 aliphatic rings. The Labute approximate surface area is 575 Å². The van der Waals surface area contributed by atoms with Crippen LogP contribution in [0.5, 0.6) is 0 Å². The van der Waals surface area contributed by atoms with Crippen molar-refractivity contribution < 1.29 is 133 Å². The first-order valence-corrected chi connectivity index (χ1v) is 30.0. The zero-order chi connectivity index (χ0) is 77.3. The summed E-state index contributed by atoms with van der Waals surface area (Å²) in [6, 6.07) is -3.31. The van der Waals surface area contributed by atoms with E-state index in [1.54, 1.807) is 12.4 Å². The van der Waals surface area contributed by atoms with Crippen LogP contribution in [0.4, 0.5) is 48.3 Å². The molecule has 0 aromatic carbocycles. The number of ketones is 4. The molecule has 0 saturated heterocycles. The minimum Gasteiger partial charge on any atom is -0.481 e. The highest BCUT2D eigenvalue weighted by atomic mass is 19.4. The van der Waals surface area contributed by atoms with Crippen LogP contribution in [-0.4, -0.2) is 220 Å². The topological polar surface area (TPSA) is 456 Å². The molecule has 2 amide bonds. The highest BCUT2D eigenvalue weighted by molar-refractivity contribution is 5.96. The van der Waals surface area contributed by atoms with Crippen molar-refractivity contribution in [1.82, 2.24) is 70.6 Å². The van der Waals surface area contributed by atoms with Crippen molar-refractivity contribution in [3.8, 4) is 0 Å². The molecule has 0 spiro atoms. The van der Waals surface area contributed by atoms with Crippen molar-refractivity contribution in [2.24, 2.45) is 17.8 Å².